The van der Waals surface area contributed by atoms with Crippen LogP contribution in [0.25, 0.3) is 11.3 Å². The average molecular weight is 714 g/mol. The van der Waals surface area contributed by atoms with Crippen molar-refractivity contribution in [3.05, 3.63) is 60.0 Å². The number of unbranched alkanes of at least 4 members (excludes halogenated alkanes) is 1. The number of pyridine rings is 1. The minimum atomic E-state index is -0.216. The molecule has 2 amide bonds. The molecule has 0 radical (unpaired) electrons. The number of carbonyl (C=O) groups is 1. The molecule has 1 saturated heterocycles. The van der Waals surface area contributed by atoms with E-state index in [0.717, 1.165) is 86.9 Å². The summed E-state index contributed by atoms with van der Waals surface area (Å²) in [5, 5.41) is 20.3. The van der Waals surface area contributed by atoms with Gasteiger partial charge >= 0.3 is 6.03 Å². The standard InChI is InChI=1S/C40H59N9O3/c1-40(2,3)35-28-37(49(45-35)31-17-14-18-32(27-31)52-26-24-46(4)5)42-38(50)41-34(30-15-8-6-9-16-30)19-10-13-25-51-33-20-21-36-43-44-39(48(36)29-33)47-22-11-7-12-23-47/h14-15,17-18,20-21,28-29,32,34H,6-13,16,19,22-27H2,1-5H3,(H2,41,42,50)/t32?,34-/m0/s1. The first-order chi connectivity index (χ1) is 25.1. The molecule has 1 aliphatic heterocycles. The van der Waals surface area contributed by atoms with E-state index in [1.54, 1.807) is 0 Å². The second-order valence-electron chi connectivity index (χ2n) is 15.7. The van der Waals surface area contributed by atoms with Crippen molar-refractivity contribution in [3.8, 4) is 5.75 Å². The zero-order valence-corrected chi connectivity index (χ0v) is 31.9. The minimum Gasteiger partial charge on any atom is -0.492 e. The SMILES string of the molecule is CN(C)CCOC1C=CC=C(n2nc(C(C)(C)C)cc2NC(=O)N[C@@H](CCCCOc2ccc3nnc(N4CCCCC4)n3c2)C2=CCCCC2)C1. The molecule has 1 unspecified atom stereocenters. The summed E-state index contributed by atoms with van der Waals surface area (Å²) in [6.07, 6.45) is 21.9. The number of allylic oxidation sites excluding steroid dienone is 3. The number of hydrogen-bond donors (Lipinski definition) is 2. The van der Waals surface area contributed by atoms with Crippen LogP contribution in [0.1, 0.15) is 97.1 Å². The van der Waals surface area contributed by atoms with Crippen molar-refractivity contribution in [1.82, 2.24) is 34.6 Å². The number of piperidine rings is 1. The molecule has 6 rings (SSSR count). The van der Waals surface area contributed by atoms with Gasteiger partial charge in [0.2, 0.25) is 5.95 Å². The Morgan fingerprint density at radius 1 is 1.06 bits per heavy atom. The summed E-state index contributed by atoms with van der Waals surface area (Å²) in [7, 11) is 4.09. The van der Waals surface area contributed by atoms with Crippen LogP contribution in [-0.4, -0.2) is 94.4 Å². The van der Waals surface area contributed by atoms with Gasteiger partial charge in [-0.15, -0.1) is 10.2 Å². The van der Waals surface area contributed by atoms with Gasteiger partial charge in [0.15, 0.2) is 5.65 Å². The monoisotopic (exact) mass is 713 g/mol. The molecule has 3 aromatic heterocycles. The molecule has 2 aliphatic carbocycles. The fourth-order valence-corrected chi connectivity index (χ4v) is 7.08. The number of aromatic nitrogens is 5. The van der Waals surface area contributed by atoms with Crippen LogP contribution in [-0.2, 0) is 10.2 Å². The highest BCUT2D eigenvalue weighted by atomic mass is 16.5. The van der Waals surface area contributed by atoms with E-state index in [1.807, 2.05) is 53.6 Å². The number of hydrogen-bond acceptors (Lipinski definition) is 8. The maximum Gasteiger partial charge on any atom is 0.320 e. The third kappa shape index (κ3) is 10.0. The summed E-state index contributed by atoms with van der Waals surface area (Å²) < 4.78 is 16.3. The molecular formula is C40H59N9O3. The lowest BCUT2D eigenvalue weighted by Crippen LogP contribution is -2.40. The van der Waals surface area contributed by atoms with Gasteiger partial charge in [0.25, 0.3) is 0 Å². The Kier molecular flexibility index (Phi) is 12.7. The molecule has 3 aromatic rings. The highest BCUT2D eigenvalue weighted by Crippen LogP contribution is 2.30. The maximum absolute atomic E-state index is 13.7. The van der Waals surface area contributed by atoms with Crippen LogP contribution in [0.5, 0.6) is 5.75 Å². The number of urea groups is 1. The minimum absolute atomic E-state index is 0.0365. The predicted octanol–water partition coefficient (Wildman–Crippen LogP) is 7.20. The Balaban J connectivity index is 1.06. The number of anilines is 2. The number of ether oxygens (including phenoxy) is 2. The van der Waals surface area contributed by atoms with E-state index in [-0.39, 0.29) is 23.6 Å². The second-order valence-corrected chi connectivity index (χ2v) is 15.7. The fraction of sp³-hybridized carbons (Fsp3) is 0.600. The number of carbonyl (C=O) groups excluding carboxylic acids is 1. The van der Waals surface area contributed by atoms with E-state index in [1.165, 1.54) is 31.3 Å². The van der Waals surface area contributed by atoms with Crippen LogP contribution < -0.4 is 20.3 Å². The van der Waals surface area contributed by atoms with E-state index in [0.29, 0.717) is 25.5 Å². The number of rotatable bonds is 15. The molecule has 2 atom stereocenters. The van der Waals surface area contributed by atoms with Gasteiger partial charge in [-0.2, -0.15) is 5.10 Å². The van der Waals surface area contributed by atoms with Crippen LogP contribution in [0.15, 0.2) is 54.3 Å². The van der Waals surface area contributed by atoms with Crippen molar-refractivity contribution in [2.24, 2.45) is 0 Å². The molecule has 0 aromatic carbocycles. The zero-order valence-electron chi connectivity index (χ0n) is 31.9. The third-order valence-corrected chi connectivity index (χ3v) is 10.1. The molecule has 2 N–H and O–H groups in total. The highest BCUT2D eigenvalue weighted by molar-refractivity contribution is 5.89. The summed E-state index contributed by atoms with van der Waals surface area (Å²) in [5.41, 5.74) is 3.88. The molecular weight excluding hydrogens is 654 g/mol. The maximum atomic E-state index is 13.7. The number of fused-ring (bicyclic) bond motifs is 1. The second kappa shape index (κ2) is 17.6. The van der Waals surface area contributed by atoms with E-state index in [4.69, 9.17) is 14.6 Å². The Bertz CT molecular complexity index is 1720. The fourth-order valence-electron chi connectivity index (χ4n) is 7.08. The van der Waals surface area contributed by atoms with E-state index in [9.17, 15) is 4.79 Å². The van der Waals surface area contributed by atoms with Crippen molar-refractivity contribution in [2.75, 3.05) is 57.2 Å². The summed E-state index contributed by atoms with van der Waals surface area (Å²) in [6, 6.07) is 5.69. The molecule has 282 valence electrons. The van der Waals surface area contributed by atoms with Gasteiger partial charge in [0.1, 0.15) is 11.6 Å². The molecule has 3 aliphatic rings. The van der Waals surface area contributed by atoms with E-state index >= 15 is 0 Å². The van der Waals surface area contributed by atoms with Crippen LogP contribution in [0.2, 0.25) is 0 Å². The Morgan fingerprint density at radius 3 is 2.67 bits per heavy atom. The molecule has 1 fully saturated rings. The summed E-state index contributed by atoms with van der Waals surface area (Å²) in [5.74, 6) is 2.37. The lowest BCUT2D eigenvalue weighted by Gasteiger charge is -2.26. The predicted molar refractivity (Wildman–Crippen MR) is 208 cm³/mol. The largest absolute Gasteiger partial charge is 0.492 e. The van der Waals surface area contributed by atoms with Gasteiger partial charge in [0, 0.05) is 43.2 Å². The first kappa shape index (κ1) is 37.6. The lowest BCUT2D eigenvalue weighted by atomic mass is 9.91. The van der Waals surface area contributed by atoms with Crippen molar-refractivity contribution in [2.45, 2.75) is 109 Å². The Hall–Kier alpha value is -4.16. The molecule has 12 heteroatoms. The number of amides is 2. The first-order valence-electron chi connectivity index (χ1n) is 19.4. The topological polar surface area (TPSA) is 114 Å². The van der Waals surface area contributed by atoms with Crippen molar-refractivity contribution >= 4 is 29.1 Å². The quantitative estimate of drug-likeness (QED) is 0.126. The molecule has 52 heavy (non-hydrogen) atoms. The highest BCUT2D eigenvalue weighted by Gasteiger charge is 2.25. The van der Waals surface area contributed by atoms with Crippen LogP contribution in [0, 0.1) is 0 Å². The smallest absolute Gasteiger partial charge is 0.320 e. The Labute approximate surface area is 309 Å². The van der Waals surface area contributed by atoms with Crippen molar-refractivity contribution in [3.63, 3.8) is 0 Å². The lowest BCUT2D eigenvalue weighted by molar-refractivity contribution is 0.0753. The van der Waals surface area contributed by atoms with Gasteiger partial charge in [-0.05, 0) is 96.5 Å². The molecule has 12 nitrogen and oxygen atoms in total. The summed E-state index contributed by atoms with van der Waals surface area (Å²) in [6.45, 7) is 10.6. The normalized spacial score (nSPS) is 18.7. The van der Waals surface area contributed by atoms with Gasteiger partial charge in [-0.3, -0.25) is 9.72 Å². The molecule has 4 heterocycles. The van der Waals surface area contributed by atoms with E-state index in [2.05, 4.69) is 69.6 Å². The Morgan fingerprint density at radius 2 is 1.90 bits per heavy atom. The molecule has 0 bridgehead atoms. The van der Waals surface area contributed by atoms with Crippen LogP contribution in [0.3, 0.4) is 0 Å². The van der Waals surface area contributed by atoms with Gasteiger partial charge in [-0.25, -0.2) is 9.48 Å². The van der Waals surface area contributed by atoms with Crippen molar-refractivity contribution in [1.29, 1.82) is 0 Å². The summed E-state index contributed by atoms with van der Waals surface area (Å²) >= 11 is 0. The molecule has 0 spiro atoms. The van der Waals surface area contributed by atoms with Crippen LogP contribution >= 0.6 is 0 Å². The third-order valence-electron chi connectivity index (χ3n) is 10.1. The van der Waals surface area contributed by atoms with Gasteiger partial charge < -0.3 is 24.6 Å². The number of likely N-dealkylation sites (N-methyl/N-ethyl adjacent to an activating group) is 1. The van der Waals surface area contributed by atoms with E-state index < -0.39 is 0 Å². The number of nitrogens with zero attached hydrogens (tertiary/aromatic N) is 7. The zero-order chi connectivity index (χ0) is 36.5. The summed E-state index contributed by atoms with van der Waals surface area (Å²) in [4.78, 5) is 18.2. The first-order valence-corrected chi connectivity index (χ1v) is 19.4. The number of nitrogens with one attached hydrogen (secondary N) is 2. The van der Waals surface area contributed by atoms with Gasteiger partial charge in [0.05, 0.1) is 37.3 Å². The average Bonchev–Trinajstić information content (AvgIpc) is 3.76. The van der Waals surface area contributed by atoms with Crippen molar-refractivity contribution < 1.29 is 14.3 Å². The molecule has 0 saturated carbocycles. The van der Waals surface area contributed by atoms with Gasteiger partial charge in [-0.1, -0.05) is 44.6 Å². The van der Waals surface area contributed by atoms with Crippen LogP contribution in [0.4, 0.5) is 16.6 Å².